The number of ether oxygens (including phenoxy) is 2. The Kier molecular flexibility index (Phi) is 5.18. The van der Waals surface area contributed by atoms with Gasteiger partial charge in [0.1, 0.15) is 25.1 Å². The number of carbonyl (C=O) groups is 1. The Morgan fingerprint density at radius 2 is 1.90 bits per heavy atom. The predicted octanol–water partition coefficient (Wildman–Crippen LogP) is 2.70. The first kappa shape index (κ1) is 19.7. The molecular formula is C20H21FN2O5S. The molecule has 2 aromatic rings. The molecule has 2 aliphatic rings. The van der Waals surface area contributed by atoms with Crippen LogP contribution in [0.1, 0.15) is 18.4 Å². The van der Waals surface area contributed by atoms with Gasteiger partial charge in [0.05, 0.1) is 10.6 Å². The average Bonchev–Trinajstić information content (AvgIpc) is 3.20. The Labute approximate surface area is 168 Å². The molecular weight excluding hydrogens is 399 g/mol. The predicted molar refractivity (Wildman–Crippen MR) is 104 cm³/mol. The van der Waals surface area contributed by atoms with E-state index in [9.17, 15) is 17.6 Å². The fraction of sp³-hybridized carbons (Fsp3) is 0.350. The van der Waals surface area contributed by atoms with Crippen molar-refractivity contribution >= 4 is 21.6 Å². The molecule has 2 heterocycles. The number of halogens is 1. The van der Waals surface area contributed by atoms with E-state index in [1.54, 1.807) is 19.1 Å². The van der Waals surface area contributed by atoms with Gasteiger partial charge in [0.25, 0.3) is 0 Å². The quantitative estimate of drug-likeness (QED) is 0.822. The smallest absolute Gasteiger partial charge is 0.243 e. The number of anilines is 1. The number of hydrogen-bond donors (Lipinski definition) is 1. The lowest BCUT2D eigenvalue weighted by atomic mass is 10.2. The van der Waals surface area contributed by atoms with Crippen LogP contribution >= 0.6 is 0 Å². The molecule has 2 aromatic carbocycles. The summed E-state index contributed by atoms with van der Waals surface area (Å²) in [5.74, 6) is -0.260. The Morgan fingerprint density at radius 3 is 2.66 bits per heavy atom. The lowest BCUT2D eigenvalue weighted by Gasteiger charge is -2.24. The largest absolute Gasteiger partial charge is 0.486 e. The van der Waals surface area contributed by atoms with Crippen molar-refractivity contribution in [2.24, 2.45) is 0 Å². The number of carbonyl (C=O) groups excluding carboxylic acids is 1. The number of benzene rings is 2. The first-order valence-corrected chi connectivity index (χ1v) is 10.8. The number of hydrogen-bond acceptors (Lipinski definition) is 5. The van der Waals surface area contributed by atoms with E-state index < -0.39 is 27.8 Å². The van der Waals surface area contributed by atoms with Crippen LogP contribution in [-0.4, -0.2) is 44.4 Å². The van der Waals surface area contributed by atoms with Crippen LogP contribution in [0.4, 0.5) is 10.1 Å². The fourth-order valence-corrected chi connectivity index (χ4v) is 5.22. The summed E-state index contributed by atoms with van der Waals surface area (Å²) in [5, 5.41) is 2.52. The highest BCUT2D eigenvalue weighted by Gasteiger charge is 2.40. The fourth-order valence-electron chi connectivity index (χ4n) is 3.55. The third-order valence-corrected chi connectivity index (χ3v) is 6.91. The van der Waals surface area contributed by atoms with Gasteiger partial charge >= 0.3 is 0 Å². The highest BCUT2D eigenvalue weighted by Crippen LogP contribution is 2.35. The van der Waals surface area contributed by atoms with Crippen molar-refractivity contribution in [3.63, 3.8) is 0 Å². The first-order chi connectivity index (χ1) is 13.9. The monoisotopic (exact) mass is 420 g/mol. The number of rotatable bonds is 4. The second-order valence-electron chi connectivity index (χ2n) is 7.05. The normalized spacial score (nSPS) is 19.2. The van der Waals surface area contributed by atoms with E-state index in [2.05, 4.69) is 5.32 Å². The molecule has 1 saturated heterocycles. The number of nitrogens with one attached hydrogen (secondary N) is 1. The number of fused-ring (bicyclic) bond motifs is 1. The lowest BCUT2D eigenvalue weighted by molar-refractivity contribution is -0.119. The number of aryl methyl sites for hydroxylation is 1. The van der Waals surface area contributed by atoms with Gasteiger partial charge in [-0.2, -0.15) is 4.31 Å². The van der Waals surface area contributed by atoms with Crippen molar-refractivity contribution in [3.8, 4) is 11.5 Å². The van der Waals surface area contributed by atoms with Crippen LogP contribution in [0.15, 0.2) is 41.3 Å². The van der Waals surface area contributed by atoms with Crippen LogP contribution in [0, 0.1) is 12.7 Å². The topological polar surface area (TPSA) is 84.9 Å². The maximum Gasteiger partial charge on any atom is 0.243 e. The van der Waals surface area contributed by atoms with Crippen LogP contribution < -0.4 is 14.8 Å². The van der Waals surface area contributed by atoms with Gasteiger partial charge in [-0.15, -0.1) is 0 Å². The Balaban J connectivity index is 1.57. The van der Waals surface area contributed by atoms with Crippen molar-refractivity contribution in [2.45, 2.75) is 30.7 Å². The molecule has 1 amide bonds. The molecule has 1 N–H and O–H groups in total. The minimum atomic E-state index is -3.93. The molecule has 7 nitrogen and oxygen atoms in total. The Bertz CT molecular complexity index is 1060. The van der Waals surface area contributed by atoms with Gasteiger partial charge < -0.3 is 14.8 Å². The van der Waals surface area contributed by atoms with Gasteiger partial charge in [-0.25, -0.2) is 12.8 Å². The second-order valence-corrected chi connectivity index (χ2v) is 8.94. The SMILES string of the molecule is Cc1ccc(NC(=O)[C@@H]2CCCN2S(=O)(=O)c2ccc3c(c2)OCCO3)c(F)c1. The summed E-state index contributed by atoms with van der Waals surface area (Å²) in [6.07, 6.45) is 0.904. The minimum absolute atomic E-state index is 0.0305. The average molecular weight is 420 g/mol. The number of nitrogens with zero attached hydrogens (tertiary/aromatic N) is 1. The standard InChI is InChI=1S/C20H21FN2O5S/c1-13-4-6-16(15(21)11-13)22-20(24)17-3-2-8-23(17)29(25,26)14-5-7-18-19(12-14)28-10-9-27-18/h4-7,11-12,17H,2-3,8-10H2,1H3,(H,22,24)/t17-/m0/s1. The highest BCUT2D eigenvalue weighted by molar-refractivity contribution is 7.89. The summed E-state index contributed by atoms with van der Waals surface area (Å²) in [6.45, 7) is 2.70. The van der Waals surface area contributed by atoms with E-state index >= 15 is 0 Å². The van der Waals surface area contributed by atoms with E-state index in [-0.39, 0.29) is 17.1 Å². The van der Waals surface area contributed by atoms with E-state index in [1.165, 1.54) is 28.6 Å². The summed E-state index contributed by atoms with van der Waals surface area (Å²) < 4.78 is 52.5. The van der Waals surface area contributed by atoms with Gasteiger partial charge in [-0.05, 0) is 49.6 Å². The van der Waals surface area contributed by atoms with Gasteiger partial charge in [-0.3, -0.25) is 4.79 Å². The van der Waals surface area contributed by atoms with Crippen LogP contribution in [0.5, 0.6) is 11.5 Å². The second kappa shape index (κ2) is 7.64. The maximum atomic E-state index is 14.1. The zero-order chi connectivity index (χ0) is 20.6. The number of sulfonamides is 1. The van der Waals surface area contributed by atoms with Crippen molar-refractivity contribution < 1.29 is 27.1 Å². The van der Waals surface area contributed by atoms with E-state index in [4.69, 9.17) is 9.47 Å². The molecule has 0 aromatic heterocycles. The molecule has 9 heteroatoms. The Hall–Kier alpha value is -2.65. The van der Waals surface area contributed by atoms with Crippen LogP contribution in [0.3, 0.4) is 0 Å². The third kappa shape index (κ3) is 3.79. The van der Waals surface area contributed by atoms with Crippen LogP contribution in [0.2, 0.25) is 0 Å². The molecule has 0 bridgehead atoms. The molecule has 0 spiro atoms. The van der Waals surface area contributed by atoms with Gasteiger partial charge in [0, 0.05) is 12.6 Å². The first-order valence-electron chi connectivity index (χ1n) is 9.35. The summed E-state index contributed by atoms with van der Waals surface area (Å²) in [5.41, 5.74) is 0.758. The number of amides is 1. The zero-order valence-corrected chi connectivity index (χ0v) is 16.7. The van der Waals surface area contributed by atoms with E-state index in [1.807, 2.05) is 0 Å². The summed E-state index contributed by atoms with van der Waals surface area (Å²) in [6, 6.07) is 7.96. The summed E-state index contributed by atoms with van der Waals surface area (Å²) >= 11 is 0. The van der Waals surface area contributed by atoms with Crippen molar-refractivity contribution in [2.75, 3.05) is 25.1 Å². The Morgan fingerprint density at radius 1 is 1.14 bits per heavy atom. The molecule has 4 rings (SSSR count). The molecule has 0 radical (unpaired) electrons. The van der Waals surface area contributed by atoms with Gasteiger partial charge in [0.2, 0.25) is 15.9 Å². The van der Waals surface area contributed by atoms with Gasteiger partial charge in [0.15, 0.2) is 11.5 Å². The van der Waals surface area contributed by atoms with E-state index in [0.717, 1.165) is 5.56 Å². The molecule has 29 heavy (non-hydrogen) atoms. The van der Waals surface area contributed by atoms with Gasteiger partial charge in [-0.1, -0.05) is 6.07 Å². The molecule has 154 valence electrons. The molecule has 2 aliphatic heterocycles. The molecule has 1 atom stereocenters. The summed E-state index contributed by atoms with van der Waals surface area (Å²) in [7, 11) is -3.93. The van der Waals surface area contributed by atoms with Crippen molar-refractivity contribution in [1.82, 2.24) is 4.31 Å². The van der Waals surface area contributed by atoms with Crippen LogP contribution in [-0.2, 0) is 14.8 Å². The molecule has 0 aliphatic carbocycles. The van der Waals surface area contributed by atoms with Crippen molar-refractivity contribution in [3.05, 3.63) is 47.8 Å². The lowest BCUT2D eigenvalue weighted by Crippen LogP contribution is -2.43. The summed E-state index contributed by atoms with van der Waals surface area (Å²) in [4.78, 5) is 12.8. The minimum Gasteiger partial charge on any atom is -0.486 e. The maximum absolute atomic E-state index is 14.1. The van der Waals surface area contributed by atoms with Crippen molar-refractivity contribution in [1.29, 1.82) is 0 Å². The molecule has 1 fully saturated rings. The van der Waals surface area contributed by atoms with E-state index in [0.29, 0.717) is 37.6 Å². The zero-order valence-electron chi connectivity index (χ0n) is 15.9. The molecule has 0 saturated carbocycles. The molecule has 0 unspecified atom stereocenters. The highest BCUT2D eigenvalue weighted by atomic mass is 32.2. The van der Waals surface area contributed by atoms with Crippen LogP contribution in [0.25, 0.3) is 0 Å². The third-order valence-electron chi connectivity index (χ3n) is 5.01.